The van der Waals surface area contributed by atoms with Gasteiger partial charge < -0.3 is 9.47 Å². The molecular weight excluding hydrogens is 713 g/mol. The predicted octanol–water partition coefficient (Wildman–Crippen LogP) is 15.6. The van der Waals surface area contributed by atoms with Gasteiger partial charge in [0.15, 0.2) is 0 Å². The van der Waals surface area contributed by atoms with Gasteiger partial charge in [0.1, 0.15) is 0 Å². The first kappa shape index (κ1) is 34.8. The molecule has 0 fully saturated rings. The molecule has 1 aliphatic carbocycles. The summed E-state index contributed by atoms with van der Waals surface area (Å²) in [6.45, 7) is 4.71. The largest absolute Gasteiger partial charge is 0.310 e. The van der Waals surface area contributed by atoms with Crippen LogP contribution in [0.2, 0.25) is 0 Å². The topological polar surface area (TPSA) is 8.17 Å². The van der Waals surface area contributed by atoms with Crippen LogP contribution in [0.5, 0.6) is 0 Å². The number of nitrogens with zero attached hydrogens (tertiary/aromatic N) is 2. The second kappa shape index (κ2) is 13.9. The Labute approximate surface area is 345 Å². The monoisotopic (exact) mass is 754 g/mol. The molecule has 0 bridgehead atoms. The van der Waals surface area contributed by atoms with E-state index in [4.69, 9.17) is 0 Å². The first-order chi connectivity index (χ1) is 29.0. The van der Waals surface area contributed by atoms with Crippen LogP contribution in [-0.4, -0.2) is 4.57 Å². The van der Waals surface area contributed by atoms with E-state index >= 15 is 0 Å². The zero-order chi connectivity index (χ0) is 39.5. The van der Waals surface area contributed by atoms with E-state index in [1.54, 1.807) is 0 Å². The van der Waals surface area contributed by atoms with Gasteiger partial charge in [-0.1, -0.05) is 166 Å². The van der Waals surface area contributed by atoms with Crippen LogP contribution >= 0.6 is 0 Å². The molecule has 1 aliphatic rings. The van der Waals surface area contributed by atoms with Gasteiger partial charge in [0.05, 0.1) is 11.0 Å². The van der Waals surface area contributed by atoms with Gasteiger partial charge >= 0.3 is 0 Å². The molecule has 2 nitrogen and oxygen atoms in total. The number of para-hydroxylation sites is 2. The lowest BCUT2D eigenvalue weighted by atomic mass is 9.82. The molecule has 0 saturated carbocycles. The molecule has 59 heavy (non-hydrogen) atoms. The molecule has 10 aromatic rings. The van der Waals surface area contributed by atoms with E-state index < -0.39 is 0 Å². The Morgan fingerprint density at radius 2 is 0.780 bits per heavy atom. The molecule has 2 heteroatoms. The van der Waals surface area contributed by atoms with Gasteiger partial charge in [0, 0.05) is 38.9 Å². The summed E-state index contributed by atoms with van der Waals surface area (Å²) in [7, 11) is 0. The first-order valence-electron chi connectivity index (χ1n) is 20.5. The Kier molecular flexibility index (Phi) is 8.20. The van der Waals surface area contributed by atoms with Crippen molar-refractivity contribution in [2.75, 3.05) is 4.90 Å². The molecule has 0 atom stereocenters. The number of hydrogen-bond acceptors (Lipinski definition) is 1. The average Bonchev–Trinajstić information content (AvgIpc) is 3.75. The van der Waals surface area contributed by atoms with Crippen molar-refractivity contribution in [3.63, 3.8) is 0 Å². The fourth-order valence-corrected chi connectivity index (χ4v) is 9.42. The predicted molar refractivity (Wildman–Crippen MR) is 249 cm³/mol. The maximum absolute atomic E-state index is 2.42. The van der Waals surface area contributed by atoms with Gasteiger partial charge in [-0.2, -0.15) is 0 Å². The maximum atomic E-state index is 2.42. The smallest absolute Gasteiger partial charge is 0.0541 e. The number of fused-ring (bicyclic) bond motifs is 6. The van der Waals surface area contributed by atoms with Crippen molar-refractivity contribution in [2.45, 2.75) is 19.3 Å². The lowest BCUT2D eigenvalue weighted by Gasteiger charge is -2.28. The van der Waals surface area contributed by atoms with Crippen molar-refractivity contribution in [3.05, 3.63) is 230 Å². The summed E-state index contributed by atoms with van der Waals surface area (Å²) in [6.07, 6.45) is 0. The molecule has 0 saturated heterocycles. The van der Waals surface area contributed by atoms with Crippen LogP contribution in [-0.2, 0) is 5.41 Å². The third-order valence-corrected chi connectivity index (χ3v) is 12.4. The highest BCUT2D eigenvalue weighted by Gasteiger charge is 2.35. The summed E-state index contributed by atoms with van der Waals surface area (Å²) in [6, 6.07) is 79.9. The van der Waals surface area contributed by atoms with E-state index in [1.165, 1.54) is 77.4 Å². The van der Waals surface area contributed by atoms with Crippen molar-refractivity contribution >= 4 is 38.9 Å². The Hall–Kier alpha value is -7.42. The molecule has 0 unspecified atom stereocenters. The fourth-order valence-electron chi connectivity index (χ4n) is 9.42. The summed E-state index contributed by atoms with van der Waals surface area (Å²) in [4.78, 5) is 2.40. The summed E-state index contributed by atoms with van der Waals surface area (Å²) >= 11 is 0. The zero-order valence-corrected chi connectivity index (χ0v) is 33.2. The number of hydrogen-bond donors (Lipinski definition) is 0. The van der Waals surface area contributed by atoms with Crippen LogP contribution < -0.4 is 4.90 Å². The fraction of sp³-hybridized carbons (Fsp3) is 0.0526. The van der Waals surface area contributed by atoms with Crippen LogP contribution in [0.25, 0.3) is 72.0 Å². The standard InChI is InChI=1S/C57H42N2/c1-57(2)53-22-12-9-19-49(53)50-34-33-47(38-54(50)57)58(45-29-25-41(26-30-45)39-15-5-3-6-16-39)46-31-27-42(28-32-46)44-35-43(40-17-7-4-8-18-40)36-48(37-44)59-55-23-13-10-20-51(55)52-21-11-14-24-56(52)59/h3-38H,1-2H3. The molecule has 1 aromatic heterocycles. The molecule has 280 valence electrons. The molecule has 0 N–H and O–H groups in total. The van der Waals surface area contributed by atoms with Crippen molar-refractivity contribution in [1.82, 2.24) is 4.57 Å². The van der Waals surface area contributed by atoms with Gasteiger partial charge in [-0.3, -0.25) is 0 Å². The molecular formula is C57H42N2. The van der Waals surface area contributed by atoms with Crippen molar-refractivity contribution in [2.24, 2.45) is 0 Å². The highest BCUT2D eigenvalue weighted by atomic mass is 15.1. The van der Waals surface area contributed by atoms with E-state index in [2.05, 4.69) is 242 Å². The van der Waals surface area contributed by atoms with E-state index in [-0.39, 0.29) is 5.41 Å². The Morgan fingerprint density at radius 1 is 0.339 bits per heavy atom. The quantitative estimate of drug-likeness (QED) is 0.157. The molecule has 11 rings (SSSR count). The summed E-state index contributed by atoms with van der Waals surface area (Å²) in [5, 5.41) is 2.52. The van der Waals surface area contributed by atoms with Gasteiger partial charge in [0.2, 0.25) is 0 Å². The Balaban J connectivity index is 1.05. The lowest BCUT2D eigenvalue weighted by molar-refractivity contribution is 0.660. The second-order valence-corrected chi connectivity index (χ2v) is 16.2. The minimum atomic E-state index is -0.105. The minimum absolute atomic E-state index is 0.105. The van der Waals surface area contributed by atoms with E-state index in [9.17, 15) is 0 Å². The van der Waals surface area contributed by atoms with Gasteiger partial charge in [0.25, 0.3) is 0 Å². The SMILES string of the molecule is CC1(C)c2ccccc2-c2ccc(N(c3ccc(-c4ccccc4)cc3)c3ccc(-c4cc(-c5ccccc5)cc(-n5c6ccccc6c6ccccc65)c4)cc3)cc21. The summed E-state index contributed by atoms with van der Waals surface area (Å²) in [5.74, 6) is 0. The number of rotatable bonds is 7. The summed E-state index contributed by atoms with van der Waals surface area (Å²) < 4.78 is 2.42. The maximum Gasteiger partial charge on any atom is 0.0541 e. The van der Waals surface area contributed by atoms with Crippen LogP contribution in [0.4, 0.5) is 17.1 Å². The second-order valence-electron chi connectivity index (χ2n) is 16.2. The number of anilines is 3. The van der Waals surface area contributed by atoms with Crippen molar-refractivity contribution < 1.29 is 0 Å². The molecule has 1 heterocycles. The molecule has 0 radical (unpaired) electrons. The first-order valence-corrected chi connectivity index (χ1v) is 20.5. The highest BCUT2D eigenvalue weighted by Crippen LogP contribution is 2.51. The van der Waals surface area contributed by atoms with Crippen LogP contribution in [0.3, 0.4) is 0 Å². The van der Waals surface area contributed by atoms with E-state index in [0.29, 0.717) is 0 Å². The minimum Gasteiger partial charge on any atom is -0.310 e. The van der Waals surface area contributed by atoms with Crippen molar-refractivity contribution in [3.8, 4) is 50.2 Å². The van der Waals surface area contributed by atoms with Crippen LogP contribution in [0.1, 0.15) is 25.0 Å². The van der Waals surface area contributed by atoms with Gasteiger partial charge in [-0.25, -0.2) is 0 Å². The normalized spacial score (nSPS) is 12.7. The molecule has 9 aromatic carbocycles. The zero-order valence-electron chi connectivity index (χ0n) is 33.2. The van der Waals surface area contributed by atoms with Crippen LogP contribution in [0.15, 0.2) is 218 Å². The Bertz CT molecular complexity index is 3100. The highest BCUT2D eigenvalue weighted by molar-refractivity contribution is 6.09. The molecule has 0 aliphatic heterocycles. The Morgan fingerprint density at radius 3 is 1.37 bits per heavy atom. The van der Waals surface area contributed by atoms with Crippen molar-refractivity contribution in [1.29, 1.82) is 0 Å². The average molecular weight is 755 g/mol. The van der Waals surface area contributed by atoms with Gasteiger partial charge in [-0.05, 0) is 122 Å². The van der Waals surface area contributed by atoms with Gasteiger partial charge in [-0.15, -0.1) is 0 Å². The number of benzene rings is 9. The third kappa shape index (κ3) is 5.87. The number of aromatic nitrogens is 1. The van der Waals surface area contributed by atoms with E-state index in [1.807, 2.05) is 0 Å². The molecule has 0 spiro atoms. The third-order valence-electron chi connectivity index (χ3n) is 12.4. The van der Waals surface area contributed by atoms with Crippen LogP contribution in [0, 0.1) is 0 Å². The molecule has 0 amide bonds. The van der Waals surface area contributed by atoms with E-state index in [0.717, 1.165) is 22.7 Å². The lowest BCUT2D eigenvalue weighted by Crippen LogP contribution is -2.16. The summed E-state index contributed by atoms with van der Waals surface area (Å²) in [5.41, 5.74) is 19.3.